The molecule has 9 nitrogen and oxygen atoms in total. The zero-order chi connectivity index (χ0) is 48.3. The number of hydrogen-bond acceptors (Lipinski definition) is 9. The van der Waals surface area contributed by atoms with Gasteiger partial charge in [-0.05, 0) is 130 Å². The second kappa shape index (κ2) is 21.4. The molecule has 0 bridgehead atoms. The van der Waals surface area contributed by atoms with Crippen LogP contribution >= 0.6 is 0 Å². The Morgan fingerprint density at radius 3 is 0.968 bits per heavy atom. The molecule has 9 heteroatoms. The summed E-state index contributed by atoms with van der Waals surface area (Å²) in [4.78, 5) is 0. The summed E-state index contributed by atoms with van der Waals surface area (Å²) >= 11 is 0. The zero-order valence-electron chi connectivity index (χ0n) is 40.6. The third-order valence-electron chi connectivity index (χ3n) is 9.64. The number of phenols is 8. The number of aryl methyl sites for hydroxylation is 2. The molecule has 0 aliphatic rings. The summed E-state index contributed by atoms with van der Waals surface area (Å²) in [5.41, 5.74) is 5.79. The standard InChI is InChI=1S/C15H24O.C14H22O2.C10H14O2.2C7H8O2/c1-10-8-11(14(2,3)4)13(16)12(9-10)15(5,6)7;1-13(2,3)9-7-12(16)10(8-11(9)15)14(4,5)6;1-10(2,3)8-6-7(11)4-5-9(8)12;1-9-7-4-2-6(8)3-5-7;1-5-4-6(8)2-3-7(5)9/h8-9,16H,1-7H3;7-8,15-16H,1-6H3;4-6,11-12H,1-3H3;2-5,8H,1H3;2-4,8-9H,1H3. The highest BCUT2D eigenvalue weighted by molar-refractivity contribution is 5.51. The van der Waals surface area contributed by atoms with Crippen LogP contribution in [0.2, 0.25) is 0 Å². The topological polar surface area (TPSA) is 171 Å². The largest absolute Gasteiger partial charge is 0.508 e. The summed E-state index contributed by atoms with van der Waals surface area (Å²) < 4.78 is 4.86. The molecule has 0 saturated carbocycles. The number of rotatable bonds is 1. The number of phenolic OH excluding ortho intramolecular Hbond substituents is 8. The Balaban J connectivity index is 0.000000395. The van der Waals surface area contributed by atoms with Gasteiger partial charge in [0, 0.05) is 16.7 Å². The Hall–Kier alpha value is -5.70. The molecule has 0 unspecified atom stereocenters. The third-order valence-corrected chi connectivity index (χ3v) is 9.64. The van der Waals surface area contributed by atoms with Gasteiger partial charge in [-0.15, -0.1) is 0 Å². The third kappa shape index (κ3) is 17.3. The van der Waals surface area contributed by atoms with Gasteiger partial charge in [-0.2, -0.15) is 0 Å². The van der Waals surface area contributed by atoms with Crippen LogP contribution in [0.5, 0.6) is 51.7 Å². The first kappa shape index (κ1) is 54.3. The van der Waals surface area contributed by atoms with E-state index in [1.165, 1.54) is 35.9 Å². The highest BCUT2D eigenvalue weighted by Gasteiger charge is 2.27. The van der Waals surface area contributed by atoms with Crippen molar-refractivity contribution in [1.82, 2.24) is 0 Å². The van der Waals surface area contributed by atoms with E-state index in [0.29, 0.717) is 11.3 Å². The van der Waals surface area contributed by atoms with Crippen LogP contribution < -0.4 is 4.74 Å². The molecular formula is C53H76O9. The summed E-state index contributed by atoms with van der Waals surface area (Å²) in [5, 5.41) is 75.6. The van der Waals surface area contributed by atoms with Gasteiger partial charge in [-0.3, -0.25) is 0 Å². The number of benzene rings is 5. The Morgan fingerprint density at radius 2 is 0.661 bits per heavy atom. The van der Waals surface area contributed by atoms with E-state index in [9.17, 15) is 25.5 Å². The quantitative estimate of drug-likeness (QED) is 0.0764. The molecule has 62 heavy (non-hydrogen) atoms. The lowest BCUT2D eigenvalue weighted by molar-refractivity contribution is 0.412. The lowest BCUT2D eigenvalue weighted by Gasteiger charge is -2.27. The Kier molecular flexibility index (Phi) is 18.7. The highest BCUT2D eigenvalue weighted by Crippen LogP contribution is 2.41. The molecule has 0 radical (unpaired) electrons. The molecule has 0 spiro atoms. The van der Waals surface area contributed by atoms with Crippen molar-refractivity contribution in [1.29, 1.82) is 0 Å². The minimum Gasteiger partial charge on any atom is -0.508 e. The second-order valence-corrected chi connectivity index (χ2v) is 20.7. The molecule has 0 aromatic heterocycles. The van der Waals surface area contributed by atoms with Gasteiger partial charge in [0.05, 0.1) is 7.11 Å². The van der Waals surface area contributed by atoms with Crippen molar-refractivity contribution >= 4 is 0 Å². The van der Waals surface area contributed by atoms with E-state index in [1.54, 1.807) is 56.5 Å². The van der Waals surface area contributed by atoms with E-state index in [-0.39, 0.29) is 67.3 Å². The van der Waals surface area contributed by atoms with Crippen molar-refractivity contribution in [3.8, 4) is 51.7 Å². The highest BCUT2D eigenvalue weighted by atomic mass is 16.5. The maximum atomic E-state index is 10.4. The zero-order valence-corrected chi connectivity index (χ0v) is 40.6. The van der Waals surface area contributed by atoms with Gasteiger partial charge < -0.3 is 45.6 Å². The minimum atomic E-state index is -0.169. The van der Waals surface area contributed by atoms with E-state index >= 15 is 0 Å². The van der Waals surface area contributed by atoms with Crippen LogP contribution in [0.4, 0.5) is 0 Å². The van der Waals surface area contributed by atoms with Crippen molar-refractivity contribution in [3.05, 3.63) is 124 Å². The molecule has 0 atom stereocenters. The number of ether oxygens (including phenoxy) is 1. The Bertz CT molecular complexity index is 2110. The first-order chi connectivity index (χ1) is 28.0. The number of aromatic hydroxyl groups is 8. The Labute approximate surface area is 372 Å². The van der Waals surface area contributed by atoms with Crippen LogP contribution in [0.15, 0.2) is 84.9 Å². The molecule has 342 valence electrons. The fourth-order valence-electron chi connectivity index (χ4n) is 6.05. The van der Waals surface area contributed by atoms with E-state index < -0.39 is 0 Å². The first-order valence-corrected chi connectivity index (χ1v) is 20.8. The molecule has 5 aromatic rings. The fraction of sp³-hybridized carbons (Fsp3) is 0.434. The van der Waals surface area contributed by atoms with Crippen LogP contribution in [0.1, 0.15) is 143 Å². The van der Waals surface area contributed by atoms with Gasteiger partial charge in [0.2, 0.25) is 0 Å². The summed E-state index contributed by atoms with van der Waals surface area (Å²) in [6.07, 6.45) is 0. The maximum Gasteiger partial charge on any atom is 0.123 e. The van der Waals surface area contributed by atoms with E-state index in [2.05, 4.69) is 60.6 Å². The van der Waals surface area contributed by atoms with Crippen molar-refractivity contribution in [2.45, 2.75) is 145 Å². The van der Waals surface area contributed by atoms with Gasteiger partial charge in [0.25, 0.3) is 0 Å². The lowest BCUT2D eigenvalue weighted by atomic mass is 9.78. The summed E-state index contributed by atoms with van der Waals surface area (Å²) in [6.45, 7) is 34.7. The summed E-state index contributed by atoms with van der Waals surface area (Å²) in [6, 6.07) is 23.1. The first-order valence-electron chi connectivity index (χ1n) is 20.8. The van der Waals surface area contributed by atoms with E-state index in [1.807, 2.05) is 62.3 Å². The smallest absolute Gasteiger partial charge is 0.123 e. The molecule has 8 N–H and O–H groups in total. The minimum absolute atomic E-state index is 0.0178. The fourth-order valence-corrected chi connectivity index (χ4v) is 6.05. The molecule has 0 saturated heterocycles. The van der Waals surface area contributed by atoms with Gasteiger partial charge in [-0.25, -0.2) is 0 Å². The molecule has 5 rings (SSSR count). The van der Waals surface area contributed by atoms with Crippen molar-refractivity contribution < 1.29 is 45.6 Å². The normalized spacial score (nSPS) is 11.6. The number of hydrogen-bond donors (Lipinski definition) is 8. The monoisotopic (exact) mass is 857 g/mol. The van der Waals surface area contributed by atoms with Crippen LogP contribution in [0.3, 0.4) is 0 Å². The average Bonchev–Trinajstić information content (AvgIpc) is 3.12. The molecular weight excluding hydrogens is 781 g/mol. The predicted molar refractivity (Wildman–Crippen MR) is 255 cm³/mol. The molecule has 0 aliphatic carbocycles. The lowest BCUT2D eigenvalue weighted by Crippen LogP contribution is -2.17. The van der Waals surface area contributed by atoms with Crippen LogP contribution in [-0.2, 0) is 27.1 Å². The molecule has 0 amide bonds. The second-order valence-electron chi connectivity index (χ2n) is 20.7. The van der Waals surface area contributed by atoms with Crippen molar-refractivity contribution in [3.63, 3.8) is 0 Å². The molecule has 5 aromatic carbocycles. The van der Waals surface area contributed by atoms with Crippen molar-refractivity contribution in [2.75, 3.05) is 7.11 Å². The average molecular weight is 857 g/mol. The predicted octanol–water partition coefficient (Wildman–Crippen LogP) is 13.2. The van der Waals surface area contributed by atoms with Crippen LogP contribution in [0.25, 0.3) is 0 Å². The molecule has 0 aliphatic heterocycles. The van der Waals surface area contributed by atoms with Gasteiger partial charge in [-0.1, -0.05) is 122 Å². The van der Waals surface area contributed by atoms with Gasteiger partial charge in [0.1, 0.15) is 51.7 Å². The summed E-state index contributed by atoms with van der Waals surface area (Å²) in [5.74, 6) is 2.83. The Morgan fingerprint density at radius 1 is 0.339 bits per heavy atom. The van der Waals surface area contributed by atoms with Crippen LogP contribution in [-0.4, -0.2) is 48.0 Å². The molecule has 0 heterocycles. The SMILES string of the molecule is CC(C)(C)c1cc(O)c(C(C)(C)C)cc1O.CC(C)(C)c1cc(O)ccc1O.COc1ccc(O)cc1.Cc1cc(C(C)(C)C)c(O)c(C(C)(C)C)c1.Cc1cc(O)ccc1O. The maximum absolute atomic E-state index is 10.4. The van der Waals surface area contributed by atoms with E-state index in [0.717, 1.165) is 33.6 Å². The molecule has 0 fully saturated rings. The van der Waals surface area contributed by atoms with Crippen LogP contribution in [0, 0.1) is 13.8 Å². The van der Waals surface area contributed by atoms with Gasteiger partial charge in [0.15, 0.2) is 0 Å². The van der Waals surface area contributed by atoms with Gasteiger partial charge >= 0.3 is 0 Å². The summed E-state index contributed by atoms with van der Waals surface area (Å²) in [7, 11) is 1.59. The number of methoxy groups -OCH3 is 1. The van der Waals surface area contributed by atoms with E-state index in [4.69, 9.17) is 20.1 Å². The van der Waals surface area contributed by atoms with Crippen molar-refractivity contribution in [2.24, 2.45) is 0 Å².